The Morgan fingerprint density at radius 3 is 2.70 bits per heavy atom. The van der Waals surface area contributed by atoms with Gasteiger partial charge in [-0.15, -0.1) is 11.3 Å². The standard InChI is InChI=1S/C12H15F3N4S/c1-9-16-4-7-19(9)6-3-5-18(2)11-17-10(8-20-11)12(13,14)15/h4,7-8H,3,5-6H2,1-2H3. The fraction of sp³-hybridized carbons (Fsp3) is 0.500. The Morgan fingerprint density at radius 1 is 1.40 bits per heavy atom. The Kier molecular flexibility index (Phi) is 4.32. The van der Waals surface area contributed by atoms with E-state index < -0.39 is 11.9 Å². The van der Waals surface area contributed by atoms with Crippen LogP contribution in [0, 0.1) is 6.92 Å². The molecule has 2 heterocycles. The first-order valence-corrected chi connectivity index (χ1v) is 6.97. The van der Waals surface area contributed by atoms with Gasteiger partial charge in [0.15, 0.2) is 10.8 Å². The molecule has 110 valence electrons. The Hall–Kier alpha value is -1.57. The van der Waals surface area contributed by atoms with Gasteiger partial charge >= 0.3 is 6.18 Å². The van der Waals surface area contributed by atoms with E-state index >= 15 is 0 Å². The number of nitrogens with zero attached hydrogens (tertiary/aromatic N) is 4. The first kappa shape index (κ1) is 14.8. The minimum atomic E-state index is -4.37. The minimum Gasteiger partial charge on any atom is -0.351 e. The molecule has 0 radical (unpaired) electrons. The van der Waals surface area contributed by atoms with E-state index in [1.807, 2.05) is 17.7 Å². The average molecular weight is 304 g/mol. The van der Waals surface area contributed by atoms with E-state index in [1.54, 1.807) is 18.1 Å². The molecule has 0 atom stereocenters. The molecule has 0 spiro atoms. The molecule has 0 amide bonds. The third kappa shape index (κ3) is 3.50. The summed E-state index contributed by atoms with van der Waals surface area (Å²) in [4.78, 5) is 9.47. The molecular weight excluding hydrogens is 289 g/mol. The molecule has 0 aromatic carbocycles. The van der Waals surface area contributed by atoms with Gasteiger partial charge in [0.1, 0.15) is 5.82 Å². The van der Waals surface area contributed by atoms with Crippen LogP contribution in [-0.4, -0.2) is 28.1 Å². The van der Waals surface area contributed by atoms with E-state index in [4.69, 9.17) is 0 Å². The molecule has 2 aromatic heterocycles. The number of imidazole rings is 1. The second-order valence-corrected chi connectivity index (χ2v) is 5.29. The summed E-state index contributed by atoms with van der Waals surface area (Å²) in [6.45, 7) is 3.34. The van der Waals surface area contributed by atoms with Crippen LogP contribution < -0.4 is 4.90 Å². The number of hydrogen-bond acceptors (Lipinski definition) is 4. The maximum absolute atomic E-state index is 12.5. The molecule has 0 saturated heterocycles. The fourth-order valence-corrected chi connectivity index (χ4v) is 2.61. The first-order valence-electron chi connectivity index (χ1n) is 6.09. The van der Waals surface area contributed by atoms with Crippen molar-refractivity contribution in [1.29, 1.82) is 0 Å². The predicted octanol–water partition coefficient (Wildman–Crippen LogP) is 3.19. The van der Waals surface area contributed by atoms with Crippen LogP contribution in [0.25, 0.3) is 0 Å². The lowest BCUT2D eigenvalue weighted by Gasteiger charge is -2.16. The summed E-state index contributed by atoms with van der Waals surface area (Å²) >= 11 is 1.01. The molecule has 0 aliphatic carbocycles. The smallest absolute Gasteiger partial charge is 0.351 e. The van der Waals surface area contributed by atoms with Crippen LogP contribution in [-0.2, 0) is 12.7 Å². The number of thiazole rings is 1. The van der Waals surface area contributed by atoms with Crippen molar-refractivity contribution in [2.24, 2.45) is 0 Å². The number of anilines is 1. The van der Waals surface area contributed by atoms with Gasteiger partial charge in [0.25, 0.3) is 0 Å². The molecule has 20 heavy (non-hydrogen) atoms. The number of hydrogen-bond donors (Lipinski definition) is 0. The summed E-state index contributed by atoms with van der Waals surface area (Å²) in [6.07, 6.45) is 0.0636. The number of aromatic nitrogens is 3. The molecule has 4 nitrogen and oxygen atoms in total. The Morgan fingerprint density at radius 2 is 2.15 bits per heavy atom. The highest BCUT2D eigenvalue weighted by Crippen LogP contribution is 2.32. The lowest BCUT2D eigenvalue weighted by Crippen LogP contribution is -2.20. The Balaban J connectivity index is 1.87. The van der Waals surface area contributed by atoms with Crippen LogP contribution in [0.4, 0.5) is 18.3 Å². The van der Waals surface area contributed by atoms with E-state index in [9.17, 15) is 13.2 Å². The molecule has 0 N–H and O–H groups in total. The van der Waals surface area contributed by atoms with E-state index in [-0.39, 0.29) is 0 Å². The topological polar surface area (TPSA) is 34.0 Å². The predicted molar refractivity (Wildman–Crippen MR) is 72.0 cm³/mol. The lowest BCUT2D eigenvalue weighted by molar-refractivity contribution is -0.140. The summed E-state index contributed by atoms with van der Waals surface area (Å²) in [6, 6.07) is 0. The molecule has 2 rings (SSSR count). The summed E-state index contributed by atoms with van der Waals surface area (Å²) in [5.41, 5.74) is -0.824. The second kappa shape index (κ2) is 5.82. The van der Waals surface area contributed by atoms with Crippen molar-refractivity contribution in [3.05, 3.63) is 29.3 Å². The van der Waals surface area contributed by atoms with Gasteiger partial charge in [-0.25, -0.2) is 9.97 Å². The highest BCUT2D eigenvalue weighted by molar-refractivity contribution is 7.13. The van der Waals surface area contributed by atoms with Crippen molar-refractivity contribution in [2.75, 3.05) is 18.5 Å². The van der Waals surface area contributed by atoms with Gasteiger partial charge in [0, 0.05) is 37.9 Å². The zero-order chi connectivity index (χ0) is 14.8. The van der Waals surface area contributed by atoms with E-state index in [2.05, 4.69) is 9.97 Å². The van der Waals surface area contributed by atoms with Crippen molar-refractivity contribution >= 4 is 16.5 Å². The van der Waals surface area contributed by atoms with E-state index in [1.165, 1.54) is 0 Å². The van der Waals surface area contributed by atoms with Crippen LogP contribution in [0.1, 0.15) is 17.9 Å². The summed E-state index contributed by atoms with van der Waals surface area (Å²) in [5.74, 6) is 0.932. The van der Waals surface area contributed by atoms with Crippen molar-refractivity contribution in [3.63, 3.8) is 0 Å². The van der Waals surface area contributed by atoms with Gasteiger partial charge in [0.05, 0.1) is 0 Å². The van der Waals surface area contributed by atoms with Crippen molar-refractivity contribution < 1.29 is 13.2 Å². The van der Waals surface area contributed by atoms with Crippen LogP contribution in [0.15, 0.2) is 17.8 Å². The molecule has 0 bridgehead atoms. The van der Waals surface area contributed by atoms with Gasteiger partial charge in [0.2, 0.25) is 0 Å². The number of rotatable bonds is 5. The van der Waals surface area contributed by atoms with Crippen LogP contribution in [0.5, 0.6) is 0 Å². The first-order chi connectivity index (χ1) is 9.38. The Labute approximate surface area is 118 Å². The molecule has 2 aromatic rings. The summed E-state index contributed by atoms with van der Waals surface area (Å²) < 4.78 is 39.4. The SMILES string of the molecule is Cc1nccn1CCCN(C)c1nc(C(F)(F)F)cs1. The quantitative estimate of drug-likeness (QED) is 0.850. The highest BCUT2D eigenvalue weighted by atomic mass is 32.1. The molecule has 8 heteroatoms. The molecule has 0 saturated carbocycles. The van der Waals surface area contributed by atoms with Gasteiger partial charge in [-0.1, -0.05) is 0 Å². The van der Waals surface area contributed by atoms with Crippen molar-refractivity contribution in [3.8, 4) is 0 Å². The van der Waals surface area contributed by atoms with Crippen LogP contribution >= 0.6 is 11.3 Å². The van der Waals surface area contributed by atoms with E-state index in [0.29, 0.717) is 11.7 Å². The third-order valence-corrected chi connectivity index (χ3v) is 3.88. The summed E-state index contributed by atoms with van der Waals surface area (Å²) in [5, 5.41) is 1.44. The average Bonchev–Trinajstić information content (AvgIpc) is 2.98. The number of alkyl halides is 3. The largest absolute Gasteiger partial charge is 0.434 e. The minimum absolute atomic E-state index is 0.389. The highest BCUT2D eigenvalue weighted by Gasteiger charge is 2.34. The molecular formula is C12H15F3N4S. The number of aryl methyl sites for hydroxylation is 2. The third-order valence-electron chi connectivity index (χ3n) is 2.93. The van der Waals surface area contributed by atoms with Crippen molar-refractivity contribution in [1.82, 2.24) is 14.5 Å². The van der Waals surface area contributed by atoms with Crippen molar-refractivity contribution in [2.45, 2.75) is 26.1 Å². The van der Waals surface area contributed by atoms with E-state index in [0.717, 1.165) is 35.5 Å². The zero-order valence-corrected chi connectivity index (χ0v) is 12.0. The maximum atomic E-state index is 12.5. The maximum Gasteiger partial charge on any atom is 0.434 e. The van der Waals surface area contributed by atoms with Crippen LogP contribution in [0.3, 0.4) is 0 Å². The zero-order valence-electron chi connectivity index (χ0n) is 11.2. The van der Waals surface area contributed by atoms with Gasteiger partial charge in [-0.05, 0) is 13.3 Å². The summed E-state index contributed by atoms with van der Waals surface area (Å²) in [7, 11) is 1.75. The number of halogens is 3. The molecule has 0 aliphatic rings. The van der Waals surface area contributed by atoms with Gasteiger partial charge in [-0.3, -0.25) is 0 Å². The fourth-order valence-electron chi connectivity index (χ4n) is 1.78. The Bertz CT molecular complexity index is 561. The lowest BCUT2D eigenvalue weighted by atomic mass is 10.4. The normalized spacial score (nSPS) is 11.8. The second-order valence-electron chi connectivity index (χ2n) is 4.46. The van der Waals surface area contributed by atoms with Gasteiger partial charge < -0.3 is 9.47 Å². The van der Waals surface area contributed by atoms with Gasteiger partial charge in [-0.2, -0.15) is 13.2 Å². The molecule has 0 fully saturated rings. The monoisotopic (exact) mass is 304 g/mol. The molecule has 0 aliphatic heterocycles. The molecule has 0 unspecified atom stereocenters. The van der Waals surface area contributed by atoms with Crippen LogP contribution in [0.2, 0.25) is 0 Å².